The SMILES string of the molecule is CC(C)C(=O)CCc1cscc1CO. The third-order valence-corrected chi connectivity index (χ3v) is 3.13. The number of aliphatic hydroxyl groups is 1. The second-order valence-electron chi connectivity index (χ2n) is 3.70. The molecule has 0 saturated carbocycles. The van der Waals surface area contributed by atoms with Crippen LogP contribution in [0.5, 0.6) is 0 Å². The Morgan fingerprint density at radius 3 is 2.64 bits per heavy atom. The number of Topliss-reactive ketones (excluding diaryl/α,β-unsaturated/α-hetero) is 1. The van der Waals surface area contributed by atoms with Gasteiger partial charge >= 0.3 is 0 Å². The first kappa shape index (κ1) is 11.4. The molecule has 1 aromatic heterocycles. The van der Waals surface area contributed by atoms with E-state index in [9.17, 15) is 4.79 Å². The normalized spacial score (nSPS) is 10.9. The summed E-state index contributed by atoms with van der Waals surface area (Å²) in [5.41, 5.74) is 2.08. The van der Waals surface area contributed by atoms with Crippen molar-refractivity contribution in [2.45, 2.75) is 33.3 Å². The van der Waals surface area contributed by atoms with E-state index in [2.05, 4.69) is 0 Å². The Morgan fingerprint density at radius 2 is 2.07 bits per heavy atom. The Morgan fingerprint density at radius 1 is 1.43 bits per heavy atom. The Balaban J connectivity index is 2.49. The van der Waals surface area contributed by atoms with Crippen LogP contribution in [0.3, 0.4) is 0 Å². The van der Waals surface area contributed by atoms with Gasteiger partial charge in [0, 0.05) is 12.3 Å². The van der Waals surface area contributed by atoms with Crippen LogP contribution in [0.4, 0.5) is 0 Å². The molecule has 0 spiro atoms. The van der Waals surface area contributed by atoms with Gasteiger partial charge in [0.2, 0.25) is 0 Å². The van der Waals surface area contributed by atoms with Crippen LogP contribution in [0.25, 0.3) is 0 Å². The van der Waals surface area contributed by atoms with E-state index in [0.717, 1.165) is 17.5 Å². The summed E-state index contributed by atoms with van der Waals surface area (Å²) >= 11 is 1.58. The van der Waals surface area contributed by atoms with Gasteiger partial charge in [0.15, 0.2) is 0 Å². The molecule has 0 radical (unpaired) electrons. The zero-order valence-electron chi connectivity index (χ0n) is 8.62. The van der Waals surface area contributed by atoms with Gasteiger partial charge in [-0.05, 0) is 28.3 Å². The molecule has 0 aromatic carbocycles. The average molecular weight is 212 g/mol. The van der Waals surface area contributed by atoms with Gasteiger partial charge in [0.25, 0.3) is 0 Å². The highest BCUT2D eigenvalue weighted by atomic mass is 32.1. The number of carbonyl (C=O) groups excluding carboxylic acids is 1. The molecule has 3 heteroatoms. The molecule has 1 aromatic rings. The monoisotopic (exact) mass is 212 g/mol. The Bertz CT molecular complexity index is 302. The van der Waals surface area contributed by atoms with E-state index in [-0.39, 0.29) is 12.5 Å². The van der Waals surface area contributed by atoms with E-state index in [4.69, 9.17) is 5.11 Å². The van der Waals surface area contributed by atoms with Crippen molar-refractivity contribution in [3.05, 3.63) is 21.9 Å². The van der Waals surface area contributed by atoms with E-state index >= 15 is 0 Å². The number of hydrogen-bond donors (Lipinski definition) is 1. The van der Waals surface area contributed by atoms with Crippen molar-refractivity contribution >= 4 is 17.1 Å². The molecule has 0 saturated heterocycles. The van der Waals surface area contributed by atoms with Gasteiger partial charge in [-0.2, -0.15) is 11.3 Å². The summed E-state index contributed by atoms with van der Waals surface area (Å²) in [4.78, 5) is 11.4. The molecule has 1 heterocycles. The first-order valence-electron chi connectivity index (χ1n) is 4.82. The van der Waals surface area contributed by atoms with Gasteiger partial charge in [-0.3, -0.25) is 4.79 Å². The van der Waals surface area contributed by atoms with Crippen LogP contribution in [0.15, 0.2) is 10.8 Å². The highest BCUT2D eigenvalue weighted by Crippen LogP contribution is 2.17. The van der Waals surface area contributed by atoms with Crippen LogP contribution < -0.4 is 0 Å². The number of hydrogen-bond acceptors (Lipinski definition) is 3. The minimum Gasteiger partial charge on any atom is -0.392 e. The zero-order chi connectivity index (χ0) is 10.6. The second kappa shape index (κ2) is 5.27. The minimum atomic E-state index is 0.0781. The molecule has 0 atom stereocenters. The lowest BCUT2D eigenvalue weighted by atomic mass is 10.0. The summed E-state index contributed by atoms with van der Waals surface area (Å²) in [5.74, 6) is 0.409. The Labute approximate surface area is 88.6 Å². The molecule has 0 aliphatic rings. The third kappa shape index (κ3) is 2.93. The summed E-state index contributed by atoms with van der Waals surface area (Å²) in [7, 11) is 0. The molecule has 0 aliphatic carbocycles. The maximum Gasteiger partial charge on any atom is 0.135 e. The average Bonchev–Trinajstić information content (AvgIpc) is 2.60. The van der Waals surface area contributed by atoms with Crippen LogP contribution in [0, 0.1) is 5.92 Å². The fourth-order valence-corrected chi connectivity index (χ4v) is 2.15. The van der Waals surface area contributed by atoms with E-state index in [1.54, 1.807) is 11.3 Å². The fourth-order valence-electron chi connectivity index (χ4n) is 1.25. The van der Waals surface area contributed by atoms with Gasteiger partial charge in [0.1, 0.15) is 5.78 Å². The highest BCUT2D eigenvalue weighted by Gasteiger charge is 2.09. The quantitative estimate of drug-likeness (QED) is 0.813. The molecule has 1 N–H and O–H groups in total. The minimum absolute atomic E-state index is 0.0781. The van der Waals surface area contributed by atoms with Crippen molar-refractivity contribution in [1.82, 2.24) is 0 Å². The van der Waals surface area contributed by atoms with Crippen molar-refractivity contribution in [2.75, 3.05) is 0 Å². The molecular weight excluding hydrogens is 196 g/mol. The number of thiophene rings is 1. The summed E-state index contributed by atoms with van der Waals surface area (Å²) in [6, 6.07) is 0. The molecule has 0 fully saturated rings. The largest absolute Gasteiger partial charge is 0.392 e. The van der Waals surface area contributed by atoms with Crippen LogP contribution >= 0.6 is 11.3 Å². The molecule has 0 unspecified atom stereocenters. The number of ketones is 1. The van der Waals surface area contributed by atoms with Gasteiger partial charge < -0.3 is 5.11 Å². The Hall–Kier alpha value is -0.670. The van der Waals surface area contributed by atoms with Crippen LogP contribution in [-0.2, 0) is 17.8 Å². The van der Waals surface area contributed by atoms with Crippen molar-refractivity contribution in [2.24, 2.45) is 5.92 Å². The van der Waals surface area contributed by atoms with Crippen LogP contribution in [0.1, 0.15) is 31.4 Å². The number of aryl methyl sites for hydroxylation is 1. The van der Waals surface area contributed by atoms with Gasteiger partial charge in [-0.15, -0.1) is 0 Å². The molecule has 0 aliphatic heterocycles. The van der Waals surface area contributed by atoms with Crippen molar-refractivity contribution < 1.29 is 9.90 Å². The lowest BCUT2D eigenvalue weighted by Crippen LogP contribution is -2.08. The first-order valence-corrected chi connectivity index (χ1v) is 5.77. The standard InChI is InChI=1S/C11H16O2S/c1-8(2)11(13)4-3-9-6-14-7-10(9)5-12/h6-8,12H,3-5H2,1-2H3. The number of aliphatic hydroxyl groups excluding tert-OH is 1. The van der Waals surface area contributed by atoms with E-state index in [1.807, 2.05) is 24.6 Å². The molecule has 2 nitrogen and oxygen atoms in total. The molecule has 0 amide bonds. The molecule has 14 heavy (non-hydrogen) atoms. The predicted octanol–water partition coefficient (Wildman–Crippen LogP) is 2.40. The molecular formula is C11H16O2S. The maximum atomic E-state index is 11.4. The summed E-state index contributed by atoms with van der Waals surface area (Å²) < 4.78 is 0. The van der Waals surface area contributed by atoms with Crippen molar-refractivity contribution in [3.63, 3.8) is 0 Å². The molecule has 78 valence electrons. The zero-order valence-corrected chi connectivity index (χ0v) is 9.43. The lowest BCUT2D eigenvalue weighted by molar-refractivity contribution is -0.121. The van der Waals surface area contributed by atoms with Crippen molar-refractivity contribution in [3.8, 4) is 0 Å². The van der Waals surface area contributed by atoms with Crippen molar-refractivity contribution in [1.29, 1.82) is 0 Å². The second-order valence-corrected chi connectivity index (χ2v) is 4.44. The van der Waals surface area contributed by atoms with Gasteiger partial charge in [-0.1, -0.05) is 13.8 Å². The van der Waals surface area contributed by atoms with E-state index in [1.165, 1.54) is 0 Å². The third-order valence-electron chi connectivity index (χ3n) is 2.29. The van der Waals surface area contributed by atoms with Gasteiger partial charge in [0.05, 0.1) is 6.61 Å². The lowest BCUT2D eigenvalue weighted by Gasteiger charge is -2.03. The smallest absolute Gasteiger partial charge is 0.135 e. The maximum absolute atomic E-state index is 11.4. The van der Waals surface area contributed by atoms with E-state index < -0.39 is 0 Å². The Kier molecular flexibility index (Phi) is 4.29. The van der Waals surface area contributed by atoms with E-state index in [0.29, 0.717) is 12.2 Å². The molecule has 0 bridgehead atoms. The summed E-state index contributed by atoms with van der Waals surface area (Å²) in [6.45, 7) is 3.92. The summed E-state index contributed by atoms with van der Waals surface area (Å²) in [6.07, 6.45) is 1.35. The van der Waals surface area contributed by atoms with Crippen LogP contribution in [-0.4, -0.2) is 10.9 Å². The topological polar surface area (TPSA) is 37.3 Å². The predicted molar refractivity (Wildman–Crippen MR) is 58.4 cm³/mol. The highest BCUT2D eigenvalue weighted by molar-refractivity contribution is 7.08. The van der Waals surface area contributed by atoms with Crippen LogP contribution in [0.2, 0.25) is 0 Å². The van der Waals surface area contributed by atoms with Gasteiger partial charge in [-0.25, -0.2) is 0 Å². The molecule has 1 rings (SSSR count). The number of rotatable bonds is 5. The first-order chi connectivity index (χ1) is 6.65. The summed E-state index contributed by atoms with van der Waals surface area (Å²) in [5, 5.41) is 13.0. The fraction of sp³-hybridized carbons (Fsp3) is 0.545. The number of carbonyl (C=O) groups is 1.